The van der Waals surface area contributed by atoms with E-state index in [0.29, 0.717) is 5.92 Å². The molecule has 114 valence electrons. The third-order valence-electron chi connectivity index (χ3n) is 4.22. The minimum atomic E-state index is -0.107. The second-order valence-electron chi connectivity index (χ2n) is 5.94. The molecule has 3 heterocycles. The van der Waals surface area contributed by atoms with E-state index in [9.17, 15) is 0 Å². The summed E-state index contributed by atoms with van der Waals surface area (Å²) in [6.07, 6.45) is 4.28. The Morgan fingerprint density at radius 2 is 2.14 bits per heavy atom. The third kappa shape index (κ3) is 3.25. The lowest BCUT2D eigenvalue weighted by molar-refractivity contribution is 0.205. The maximum Gasteiger partial charge on any atom is 0.160 e. The molecule has 21 heavy (non-hydrogen) atoms. The van der Waals surface area contributed by atoms with Gasteiger partial charge < -0.3 is 9.47 Å². The van der Waals surface area contributed by atoms with Crippen molar-refractivity contribution in [1.29, 1.82) is 0 Å². The highest BCUT2D eigenvalue weighted by molar-refractivity contribution is 9.10. The lowest BCUT2D eigenvalue weighted by atomic mass is 9.97. The molecule has 0 radical (unpaired) electrons. The minimum absolute atomic E-state index is 0.107. The molecule has 0 bridgehead atoms. The number of halogens is 2. The van der Waals surface area contributed by atoms with Gasteiger partial charge in [0.15, 0.2) is 5.65 Å². The molecule has 1 fully saturated rings. The van der Waals surface area contributed by atoms with Gasteiger partial charge >= 0.3 is 0 Å². The van der Waals surface area contributed by atoms with Crippen LogP contribution in [-0.4, -0.2) is 39.6 Å². The summed E-state index contributed by atoms with van der Waals surface area (Å²) in [6, 6.07) is 2.01. The molecule has 0 aromatic carbocycles. The van der Waals surface area contributed by atoms with Gasteiger partial charge in [0.05, 0.1) is 5.38 Å². The molecule has 2 aromatic rings. The zero-order valence-electron chi connectivity index (χ0n) is 12.4. The molecule has 3 rings (SSSR count). The molecular formula is C15H20BrClN4. The smallest absolute Gasteiger partial charge is 0.160 e. The van der Waals surface area contributed by atoms with Crippen molar-refractivity contribution in [3.63, 3.8) is 0 Å². The molecule has 0 saturated carbocycles. The van der Waals surface area contributed by atoms with Gasteiger partial charge in [0, 0.05) is 17.2 Å². The highest BCUT2D eigenvalue weighted by Gasteiger charge is 2.22. The van der Waals surface area contributed by atoms with E-state index in [2.05, 4.69) is 42.4 Å². The Morgan fingerprint density at radius 3 is 2.81 bits per heavy atom. The normalized spacial score (nSPS) is 19.2. The number of pyridine rings is 1. The Bertz CT molecular complexity index is 632. The van der Waals surface area contributed by atoms with Gasteiger partial charge in [-0.25, -0.2) is 9.97 Å². The topological polar surface area (TPSA) is 34.0 Å². The van der Waals surface area contributed by atoms with Gasteiger partial charge in [-0.15, -0.1) is 11.6 Å². The fourth-order valence-electron chi connectivity index (χ4n) is 2.99. The number of likely N-dealkylation sites (tertiary alicyclic amines) is 1. The summed E-state index contributed by atoms with van der Waals surface area (Å²) in [4.78, 5) is 11.6. The third-order valence-corrected chi connectivity index (χ3v) is 4.84. The first-order chi connectivity index (χ1) is 10.0. The van der Waals surface area contributed by atoms with Crippen LogP contribution in [0, 0.1) is 5.92 Å². The quantitative estimate of drug-likeness (QED) is 0.769. The predicted molar refractivity (Wildman–Crippen MR) is 89.7 cm³/mol. The van der Waals surface area contributed by atoms with Crippen LogP contribution < -0.4 is 0 Å². The van der Waals surface area contributed by atoms with E-state index in [-0.39, 0.29) is 5.38 Å². The average molecular weight is 372 g/mol. The molecule has 1 atom stereocenters. The summed E-state index contributed by atoms with van der Waals surface area (Å²) >= 11 is 9.79. The van der Waals surface area contributed by atoms with Crippen molar-refractivity contribution in [3.8, 4) is 0 Å². The summed E-state index contributed by atoms with van der Waals surface area (Å²) in [6.45, 7) is 5.28. The van der Waals surface area contributed by atoms with Gasteiger partial charge in [0.25, 0.3) is 0 Å². The summed E-state index contributed by atoms with van der Waals surface area (Å²) in [5.41, 5.74) is 1.86. The van der Waals surface area contributed by atoms with E-state index < -0.39 is 0 Å². The zero-order chi connectivity index (χ0) is 15.0. The first kappa shape index (κ1) is 15.3. The van der Waals surface area contributed by atoms with Crippen molar-refractivity contribution in [2.75, 3.05) is 20.1 Å². The van der Waals surface area contributed by atoms with Crippen LogP contribution in [-0.2, 0) is 6.54 Å². The maximum absolute atomic E-state index is 6.33. The summed E-state index contributed by atoms with van der Waals surface area (Å²) in [7, 11) is 2.19. The maximum atomic E-state index is 6.33. The Balaban J connectivity index is 1.93. The number of hydrogen-bond donors (Lipinski definition) is 0. The summed E-state index contributed by atoms with van der Waals surface area (Å²) < 4.78 is 3.17. The number of fused-ring (bicyclic) bond motifs is 1. The Morgan fingerprint density at radius 1 is 1.43 bits per heavy atom. The number of alkyl halides is 1. The van der Waals surface area contributed by atoms with Crippen LogP contribution in [0.5, 0.6) is 0 Å². The molecule has 4 nitrogen and oxygen atoms in total. The van der Waals surface area contributed by atoms with E-state index in [1.807, 2.05) is 19.2 Å². The van der Waals surface area contributed by atoms with Crippen LogP contribution in [0.25, 0.3) is 11.2 Å². The van der Waals surface area contributed by atoms with Crippen LogP contribution >= 0.6 is 27.5 Å². The molecule has 1 aliphatic rings. The van der Waals surface area contributed by atoms with Crippen LogP contribution in [0.4, 0.5) is 0 Å². The molecule has 1 aliphatic heterocycles. The number of imidazole rings is 1. The Labute approximate surface area is 138 Å². The summed E-state index contributed by atoms with van der Waals surface area (Å²) in [5, 5.41) is -0.107. The van der Waals surface area contributed by atoms with Crippen LogP contribution in [0.15, 0.2) is 16.7 Å². The first-order valence-corrected chi connectivity index (χ1v) is 8.62. The fourth-order valence-corrected chi connectivity index (χ4v) is 3.48. The van der Waals surface area contributed by atoms with E-state index >= 15 is 0 Å². The lowest BCUT2D eigenvalue weighted by Crippen LogP contribution is -2.32. The van der Waals surface area contributed by atoms with E-state index in [4.69, 9.17) is 11.6 Å². The highest BCUT2D eigenvalue weighted by Crippen LogP contribution is 2.28. The van der Waals surface area contributed by atoms with Crippen LogP contribution in [0.2, 0.25) is 0 Å². The zero-order valence-corrected chi connectivity index (χ0v) is 14.7. The first-order valence-electron chi connectivity index (χ1n) is 7.39. The van der Waals surface area contributed by atoms with Crippen molar-refractivity contribution in [1.82, 2.24) is 19.4 Å². The van der Waals surface area contributed by atoms with E-state index in [1.165, 1.54) is 25.9 Å². The number of rotatable bonds is 3. The molecule has 1 unspecified atom stereocenters. The molecule has 0 aliphatic carbocycles. The van der Waals surface area contributed by atoms with Crippen molar-refractivity contribution in [2.24, 2.45) is 5.92 Å². The molecule has 6 heteroatoms. The molecule has 2 aromatic heterocycles. The fraction of sp³-hybridized carbons (Fsp3) is 0.600. The monoisotopic (exact) mass is 370 g/mol. The second-order valence-corrected chi connectivity index (χ2v) is 7.51. The number of nitrogens with zero attached hydrogens (tertiary/aromatic N) is 4. The number of hydrogen-bond acceptors (Lipinski definition) is 3. The van der Waals surface area contributed by atoms with Crippen molar-refractivity contribution < 1.29 is 0 Å². The molecular weight excluding hydrogens is 352 g/mol. The van der Waals surface area contributed by atoms with Gasteiger partial charge in [-0.3, -0.25) is 0 Å². The molecule has 0 spiro atoms. The Kier molecular flexibility index (Phi) is 4.52. The average Bonchev–Trinajstić information content (AvgIpc) is 2.79. The summed E-state index contributed by atoms with van der Waals surface area (Å²) in [5.74, 6) is 1.61. The van der Waals surface area contributed by atoms with Crippen molar-refractivity contribution in [3.05, 3.63) is 22.6 Å². The van der Waals surface area contributed by atoms with Crippen molar-refractivity contribution in [2.45, 2.75) is 31.7 Å². The molecule has 1 saturated heterocycles. The van der Waals surface area contributed by atoms with Crippen LogP contribution in [0.1, 0.15) is 31.0 Å². The van der Waals surface area contributed by atoms with Gasteiger partial charge in [0.1, 0.15) is 11.3 Å². The van der Waals surface area contributed by atoms with Crippen molar-refractivity contribution >= 4 is 38.7 Å². The van der Waals surface area contributed by atoms with Gasteiger partial charge in [0.2, 0.25) is 0 Å². The SMILES string of the molecule is CC(Cl)c1nc2cc(Br)cnc2n1CC1CCN(C)CC1. The number of piperidine rings is 1. The van der Waals surface area contributed by atoms with E-state index in [0.717, 1.165) is 28.0 Å². The van der Waals surface area contributed by atoms with Gasteiger partial charge in [-0.2, -0.15) is 0 Å². The number of aromatic nitrogens is 3. The standard InChI is InChI=1S/C15H20BrClN4/c1-10(17)14-19-13-7-12(16)8-18-15(13)21(14)9-11-3-5-20(2)6-4-11/h7-8,10-11H,3-6,9H2,1-2H3. The largest absolute Gasteiger partial charge is 0.311 e. The van der Waals surface area contributed by atoms with Gasteiger partial charge in [-0.05, 0) is 67.8 Å². The predicted octanol–water partition coefficient (Wildman–Crippen LogP) is 3.84. The van der Waals surface area contributed by atoms with Gasteiger partial charge in [-0.1, -0.05) is 0 Å². The minimum Gasteiger partial charge on any atom is -0.311 e. The Hall–Kier alpha value is -0.650. The highest BCUT2D eigenvalue weighted by atomic mass is 79.9. The lowest BCUT2D eigenvalue weighted by Gasteiger charge is -2.29. The molecule has 0 N–H and O–H groups in total. The van der Waals surface area contributed by atoms with E-state index in [1.54, 1.807) is 0 Å². The second kappa shape index (κ2) is 6.23. The van der Waals surface area contributed by atoms with Crippen LogP contribution in [0.3, 0.4) is 0 Å². The molecule has 0 amide bonds.